The minimum Gasteiger partial charge on any atom is -0.427 e. The molecule has 3 rings (SSSR count). The molecule has 1 fully saturated rings. The minimum atomic E-state index is -0.303. The van der Waals surface area contributed by atoms with Gasteiger partial charge in [-0.15, -0.1) is 0 Å². The molecule has 0 aromatic heterocycles. The molecule has 0 spiro atoms. The number of carbonyl (C=O) groups is 2. The highest BCUT2D eigenvalue weighted by Crippen LogP contribution is 2.44. The zero-order valence-electron chi connectivity index (χ0n) is 19.9. The minimum absolute atomic E-state index is 0.0353. The molecule has 32 heavy (non-hydrogen) atoms. The van der Waals surface area contributed by atoms with Gasteiger partial charge in [-0.05, 0) is 66.6 Å². The summed E-state index contributed by atoms with van der Waals surface area (Å²) in [5.41, 5.74) is 2.69. The van der Waals surface area contributed by atoms with Crippen molar-refractivity contribution in [3.8, 4) is 11.5 Å². The first-order valence-electron chi connectivity index (χ1n) is 11.3. The molecule has 0 bridgehead atoms. The van der Waals surface area contributed by atoms with Crippen LogP contribution in [0, 0.1) is 5.41 Å². The van der Waals surface area contributed by atoms with Gasteiger partial charge in [-0.2, -0.15) is 0 Å². The maximum atomic E-state index is 11.4. The van der Waals surface area contributed by atoms with Crippen LogP contribution in [0.4, 0.5) is 0 Å². The van der Waals surface area contributed by atoms with Crippen molar-refractivity contribution in [2.45, 2.75) is 59.3 Å². The summed E-state index contributed by atoms with van der Waals surface area (Å²) in [5.74, 6) is 0.608. The van der Waals surface area contributed by atoms with Gasteiger partial charge in [0.05, 0.1) is 0 Å². The third kappa shape index (κ3) is 6.67. The molecule has 0 radical (unpaired) electrons. The van der Waals surface area contributed by atoms with Gasteiger partial charge in [0, 0.05) is 32.4 Å². The maximum absolute atomic E-state index is 11.4. The molecule has 1 unspecified atom stereocenters. The van der Waals surface area contributed by atoms with E-state index in [1.54, 1.807) is 0 Å². The van der Waals surface area contributed by atoms with Crippen molar-refractivity contribution in [1.82, 2.24) is 4.90 Å². The molecular weight excluding hydrogens is 402 g/mol. The standard InChI is InChI=1S/C27H35NO4/c1-20(29)31-24-11-9-22(10-12-24)13-15-28-16-14-27(19-28,18-26(3,4)5)23-7-6-8-25(17-23)32-21(2)30/h6-12,17H,13-16,18-19H2,1-5H3. The van der Waals surface area contributed by atoms with Gasteiger partial charge in [0.25, 0.3) is 0 Å². The maximum Gasteiger partial charge on any atom is 0.308 e. The average Bonchev–Trinajstić information content (AvgIpc) is 3.09. The van der Waals surface area contributed by atoms with Crippen molar-refractivity contribution in [2.24, 2.45) is 5.41 Å². The van der Waals surface area contributed by atoms with Crippen LogP contribution in [0.15, 0.2) is 48.5 Å². The Hall–Kier alpha value is -2.66. The van der Waals surface area contributed by atoms with Gasteiger partial charge in [-0.25, -0.2) is 0 Å². The van der Waals surface area contributed by atoms with Crippen molar-refractivity contribution in [3.63, 3.8) is 0 Å². The number of carbonyl (C=O) groups excluding carboxylic acids is 2. The molecule has 2 aromatic carbocycles. The van der Waals surface area contributed by atoms with Gasteiger partial charge >= 0.3 is 11.9 Å². The summed E-state index contributed by atoms with van der Waals surface area (Å²) in [6.45, 7) is 12.7. The van der Waals surface area contributed by atoms with E-state index in [2.05, 4.69) is 31.7 Å². The fraction of sp³-hybridized carbons (Fsp3) is 0.481. The molecule has 5 heteroatoms. The summed E-state index contributed by atoms with van der Waals surface area (Å²) < 4.78 is 10.5. The number of rotatable bonds is 7. The van der Waals surface area contributed by atoms with Gasteiger partial charge < -0.3 is 14.4 Å². The first-order chi connectivity index (χ1) is 15.0. The zero-order valence-corrected chi connectivity index (χ0v) is 19.9. The van der Waals surface area contributed by atoms with Crippen molar-refractivity contribution < 1.29 is 19.1 Å². The molecule has 0 amide bonds. The first kappa shape index (κ1) is 24.0. The van der Waals surface area contributed by atoms with Crippen LogP contribution in [0.2, 0.25) is 0 Å². The number of esters is 2. The monoisotopic (exact) mass is 437 g/mol. The van der Waals surface area contributed by atoms with Crippen LogP contribution in [-0.4, -0.2) is 36.5 Å². The summed E-state index contributed by atoms with van der Waals surface area (Å²) in [5, 5.41) is 0. The van der Waals surface area contributed by atoms with E-state index in [0.29, 0.717) is 11.5 Å². The second-order valence-electron chi connectivity index (χ2n) is 10.2. The predicted molar refractivity (Wildman–Crippen MR) is 126 cm³/mol. The quantitative estimate of drug-likeness (QED) is 0.442. The van der Waals surface area contributed by atoms with E-state index in [9.17, 15) is 9.59 Å². The Morgan fingerprint density at radius 3 is 2.25 bits per heavy atom. The SMILES string of the molecule is CC(=O)Oc1ccc(CCN2CCC(CC(C)(C)C)(c3cccc(OC(C)=O)c3)C2)cc1. The van der Waals surface area contributed by atoms with Crippen molar-refractivity contribution in [2.75, 3.05) is 19.6 Å². The number of ether oxygens (including phenoxy) is 2. The number of benzene rings is 2. The summed E-state index contributed by atoms with van der Waals surface area (Å²) in [6, 6.07) is 15.8. The second kappa shape index (κ2) is 9.86. The lowest BCUT2D eigenvalue weighted by Gasteiger charge is -2.36. The van der Waals surface area contributed by atoms with E-state index in [-0.39, 0.29) is 22.8 Å². The normalized spacial score (nSPS) is 19.0. The van der Waals surface area contributed by atoms with Crippen LogP contribution >= 0.6 is 0 Å². The molecule has 1 saturated heterocycles. The highest BCUT2D eigenvalue weighted by Gasteiger charge is 2.42. The molecule has 1 heterocycles. The van der Waals surface area contributed by atoms with E-state index in [0.717, 1.165) is 38.9 Å². The van der Waals surface area contributed by atoms with Gasteiger partial charge in [0.1, 0.15) is 11.5 Å². The molecule has 2 aromatic rings. The third-order valence-corrected chi connectivity index (χ3v) is 5.91. The van der Waals surface area contributed by atoms with E-state index < -0.39 is 0 Å². The lowest BCUT2D eigenvalue weighted by Crippen LogP contribution is -2.35. The fourth-order valence-corrected chi connectivity index (χ4v) is 4.88. The molecule has 1 aliphatic heterocycles. The summed E-state index contributed by atoms with van der Waals surface area (Å²) in [4.78, 5) is 25.1. The van der Waals surface area contributed by atoms with E-state index in [1.807, 2.05) is 42.5 Å². The van der Waals surface area contributed by atoms with Gasteiger partial charge in [0.2, 0.25) is 0 Å². The smallest absolute Gasteiger partial charge is 0.308 e. The van der Waals surface area contributed by atoms with E-state index in [4.69, 9.17) is 9.47 Å². The lowest BCUT2D eigenvalue weighted by atomic mass is 9.69. The molecule has 1 aliphatic rings. The van der Waals surface area contributed by atoms with Crippen molar-refractivity contribution in [1.29, 1.82) is 0 Å². The number of nitrogens with zero attached hydrogens (tertiary/aromatic N) is 1. The Balaban J connectivity index is 1.71. The highest BCUT2D eigenvalue weighted by molar-refractivity contribution is 5.69. The lowest BCUT2D eigenvalue weighted by molar-refractivity contribution is -0.132. The van der Waals surface area contributed by atoms with Crippen LogP contribution in [0.3, 0.4) is 0 Å². The third-order valence-electron chi connectivity index (χ3n) is 5.91. The summed E-state index contributed by atoms with van der Waals surface area (Å²) in [6.07, 6.45) is 3.09. The molecule has 0 N–H and O–H groups in total. The zero-order chi connectivity index (χ0) is 23.4. The Morgan fingerprint density at radius 1 is 0.969 bits per heavy atom. The topological polar surface area (TPSA) is 55.8 Å². The van der Waals surface area contributed by atoms with Crippen LogP contribution in [-0.2, 0) is 21.4 Å². The van der Waals surface area contributed by atoms with Crippen LogP contribution in [0.25, 0.3) is 0 Å². The number of hydrogen-bond acceptors (Lipinski definition) is 5. The van der Waals surface area contributed by atoms with Gasteiger partial charge in [-0.3, -0.25) is 9.59 Å². The molecule has 0 aliphatic carbocycles. The van der Waals surface area contributed by atoms with Crippen LogP contribution < -0.4 is 9.47 Å². The van der Waals surface area contributed by atoms with Gasteiger partial charge in [0.15, 0.2) is 0 Å². The Kier molecular flexibility index (Phi) is 7.40. The number of hydrogen-bond donors (Lipinski definition) is 0. The van der Waals surface area contributed by atoms with E-state index >= 15 is 0 Å². The Morgan fingerprint density at radius 2 is 1.62 bits per heavy atom. The Bertz CT molecular complexity index is 945. The highest BCUT2D eigenvalue weighted by atomic mass is 16.5. The average molecular weight is 438 g/mol. The Labute approximate surface area is 191 Å². The second-order valence-corrected chi connectivity index (χ2v) is 10.2. The largest absolute Gasteiger partial charge is 0.427 e. The van der Waals surface area contributed by atoms with Crippen molar-refractivity contribution in [3.05, 3.63) is 59.7 Å². The molecule has 1 atom stereocenters. The summed E-state index contributed by atoms with van der Waals surface area (Å²) >= 11 is 0. The fourth-order valence-electron chi connectivity index (χ4n) is 4.88. The first-order valence-corrected chi connectivity index (χ1v) is 11.3. The predicted octanol–water partition coefficient (Wildman–Crippen LogP) is 5.16. The van der Waals surface area contributed by atoms with E-state index in [1.165, 1.54) is 25.0 Å². The molecule has 5 nitrogen and oxygen atoms in total. The van der Waals surface area contributed by atoms with Crippen molar-refractivity contribution >= 4 is 11.9 Å². The van der Waals surface area contributed by atoms with Crippen LogP contribution in [0.5, 0.6) is 11.5 Å². The molecule has 0 saturated carbocycles. The molecular formula is C27H35NO4. The molecule has 172 valence electrons. The summed E-state index contributed by atoms with van der Waals surface area (Å²) in [7, 11) is 0. The van der Waals surface area contributed by atoms with Crippen LogP contribution in [0.1, 0.15) is 58.6 Å². The number of likely N-dealkylation sites (tertiary alicyclic amines) is 1. The van der Waals surface area contributed by atoms with Gasteiger partial charge in [-0.1, -0.05) is 45.0 Å².